The first-order chi connectivity index (χ1) is 10.6. The van der Waals surface area contributed by atoms with E-state index in [2.05, 4.69) is 5.38 Å². The number of hydrogen-bond donors (Lipinski definition) is 0. The largest absolute Gasteiger partial charge is 0.290 e. The SMILES string of the molecule is CN(Cc1ccsc1)[C@H]1CC(=O)N(Cc2ccccc2)C1=O. The summed E-state index contributed by atoms with van der Waals surface area (Å²) in [5.74, 6) is -0.178. The first kappa shape index (κ1) is 14.9. The smallest absolute Gasteiger partial charge is 0.247 e. The zero-order valence-electron chi connectivity index (χ0n) is 12.4. The highest BCUT2D eigenvalue weighted by Gasteiger charge is 2.40. The van der Waals surface area contributed by atoms with E-state index in [1.165, 1.54) is 10.5 Å². The lowest BCUT2D eigenvalue weighted by Crippen LogP contribution is -2.39. The van der Waals surface area contributed by atoms with Crippen molar-refractivity contribution in [2.24, 2.45) is 0 Å². The molecule has 5 heteroatoms. The molecule has 3 rings (SSSR count). The van der Waals surface area contributed by atoms with Crippen LogP contribution in [0.25, 0.3) is 0 Å². The van der Waals surface area contributed by atoms with Crippen molar-refractivity contribution in [1.82, 2.24) is 9.80 Å². The van der Waals surface area contributed by atoms with E-state index >= 15 is 0 Å². The van der Waals surface area contributed by atoms with E-state index < -0.39 is 0 Å². The van der Waals surface area contributed by atoms with Crippen LogP contribution in [0.3, 0.4) is 0 Å². The summed E-state index contributed by atoms with van der Waals surface area (Å²) in [6, 6.07) is 11.3. The summed E-state index contributed by atoms with van der Waals surface area (Å²) in [6.45, 7) is 1.05. The maximum Gasteiger partial charge on any atom is 0.247 e. The molecule has 2 amide bonds. The van der Waals surface area contributed by atoms with Crippen LogP contribution >= 0.6 is 11.3 Å². The first-order valence-corrected chi connectivity index (χ1v) is 8.19. The molecule has 1 saturated heterocycles. The number of likely N-dealkylation sites (N-methyl/N-ethyl adjacent to an activating group) is 1. The van der Waals surface area contributed by atoms with Crippen LogP contribution in [0.4, 0.5) is 0 Å². The lowest BCUT2D eigenvalue weighted by Gasteiger charge is -2.22. The third-order valence-electron chi connectivity index (χ3n) is 3.95. The molecule has 1 fully saturated rings. The number of amides is 2. The molecule has 1 aliphatic rings. The van der Waals surface area contributed by atoms with Gasteiger partial charge in [-0.1, -0.05) is 30.3 Å². The summed E-state index contributed by atoms with van der Waals surface area (Å²) >= 11 is 1.64. The molecule has 2 heterocycles. The molecule has 0 bridgehead atoms. The van der Waals surface area contributed by atoms with Crippen LogP contribution in [-0.4, -0.2) is 34.7 Å². The van der Waals surface area contributed by atoms with Crippen molar-refractivity contribution < 1.29 is 9.59 Å². The highest BCUT2D eigenvalue weighted by Crippen LogP contribution is 2.22. The van der Waals surface area contributed by atoms with Gasteiger partial charge >= 0.3 is 0 Å². The molecule has 1 aromatic carbocycles. The Kier molecular flexibility index (Phi) is 4.36. The fourth-order valence-corrected chi connectivity index (χ4v) is 3.38. The van der Waals surface area contributed by atoms with Crippen LogP contribution < -0.4 is 0 Å². The number of imide groups is 1. The summed E-state index contributed by atoms with van der Waals surface area (Å²) in [5, 5.41) is 4.09. The maximum atomic E-state index is 12.6. The average molecular weight is 314 g/mol. The Bertz CT molecular complexity index is 655. The van der Waals surface area contributed by atoms with Gasteiger partial charge in [0.1, 0.15) is 0 Å². The molecule has 0 saturated carbocycles. The van der Waals surface area contributed by atoms with E-state index in [4.69, 9.17) is 0 Å². The second-order valence-electron chi connectivity index (χ2n) is 5.57. The predicted molar refractivity (Wildman–Crippen MR) is 86.2 cm³/mol. The van der Waals surface area contributed by atoms with Crippen molar-refractivity contribution in [2.45, 2.75) is 25.6 Å². The average Bonchev–Trinajstić information content (AvgIpc) is 3.11. The number of rotatable bonds is 5. The Hall–Kier alpha value is -1.98. The molecule has 0 radical (unpaired) electrons. The van der Waals surface area contributed by atoms with Gasteiger partial charge in [0.2, 0.25) is 11.8 Å². The van der Waals surface area contributed by atoms with E-state index in [0.717, 1.165) is 5.56 Å². The molecule has 1 aliphatic heterocycles. The lowest BCUT2D eigenvalue weighted by atomic mass is 10.2. The second kappa shape index (κ2) is 6.42. The van der Waals surface area contributed by atoms with Gasteiger partial charge in [0, 0.05) is 6.54 Å². The van der Waals surface area contributed by atoms with Gasteiger partial charge in [0.25, 0.3) is 0 Å². The fourth-order valence-electron chi connectivity index (χ4n) is 2.72. The zero-order chi connectivity index (χ0) is 15.5. The topological polar surface area (TPSA) is 40.6 Å². The van der Waals surface area contributed by atoms with Gasteiger partial charge in [-0.05, 0) is 35.0 Å². The van der Waals surface area contributed by atoms with Crippen LogP contribution in [0.1, 0.15) is 17.5 Å². The summed E-state index contributed by atoms with van der Waals surface area (Å²) < 4.78 is 0. The molecule has 4 nitrogen and oxygen atoms in total. The highest BCUT2D eigenvalue weighted by molar-refractivity contribution is 7.07. The monoisotopic (exact) mass is 314 g/mol. The van der Waals surface area contributed by atoms with Crippen molar-refractivity contribution in [2.75, 3.05) is 7.05 Å². The first-order valence-electron chi connectivity index (χ1n) is 7.24. The molecule has 0 N–H and O–H groups in total. The van der Waals surface area contributed by atoms with Gasteiger partial charge in [-0.25, -0.2) is 0 Å². The summed E-state index contributed by atoms with van der Waals surface area (Å²) in [7, 11) is 1.90. The number of likely N-dealkylation sites (tertiary alicyclic amines) is 1. The third kappa shape index (κ3) is 3.10. The summed E-state index contributed by atoms with van der Waals surface area (Å²) in [4.78, 5) is 28.1. The summed E-state index contributed by atoms with van der Waals surface area (Å²) in [6.07, 6.45) is 0.270. The van der Waals surface area contributed by atoms with Crippen molar-refractivity contribution in [3.63, 3.8) is 0 Å². The van der Waals surface area contributed by atoms with Crippen molar-refractivity contribution >= 4 is 23.2 Å². The Morgan fingerprint density at radius 1 is 1.18 bits per heavy atom. The zero-order valence-corrected chi connectivity index (χ0v) is 13.3. The van der Waals surface area contributed by atoms with Crippen molar-refractivity contribution in [3.05, 3.63) is 58.3 Å². The molecule has 0 aliphatic carbocycles. The molecule has 0 unspecified atom stereocenters. The quantitative estimate of drug-likeness (QED) is 0.796. The van der Waals surface area contributed by atoms with Gasteiger partial charge in [0.15, 0.2) is 0 Å². The minimum atomic E-state index is -0.351. The van der Waals surface area contributed by atoms with Crippen LogP contribution in [-0.2, 0) is 22.7 Å². The van der Waals surface area contributed by atoms with Crippen LogP contribution in [0.15, 0.2) is 47.2 Å². The maximum absolute atomic E-state index is 12.6. The van der Waals surface area contributed by atoms with E-state index in [0.29, 0.717) is 13.1 Å². The standard InChI is InChI=1S/C17H18N2O2S/c1-18(10-14-7-8-22-12-14)15-9-16(20)19(17(15)21)11-13-5-3-2-4-6-13/h2-8,12,15H,9-11H2,1H3/t15-/m0/s1. The molecular formula is C17H18N2O2S. The molecule has 22 heavy (non-hydrogen) atoms. The van der Waals surface area contributed by atoms with Crippen LogP contribution in [0.2, 0.25) is 0 Å². The molecular weight excluding hydrogens is 296 g/mol. The van der Waals surface area contributed by atoms with Gasteiger partial charge in [0.05, 0.1) is 19.0 Å². The lowest BCUT2D eigenvalue weighted by molar-refractivity contribution is -0.140. The number of thiophene rings is 1. The number of nitrogens with zero attached hydrogens (tertiary/aromatic N) is 2. The molecule has 114 valence electrons. The Morgan fingerprint density at radius 3 is 2.64 bits per heavy atom. The van der Waals surface area contributed by atoms with Gasteiger partial charge in [-0.3, -0.25) is 19.4 Å². The van der Waals surface area contributed by atoms with E-state index in [9.17, 15) is 9.59 Å². The van der Waals surface area contributed by atoms with Gasteiger partial charge < -0.3 is 0 Å². The van der Waals surface area contributed by atoms with E-state index in [-0.39, 0.29) is 24.3 Å². The second-order valence-corrected chi connectivity index (χ2v) is 6.35. The Labute approximate surface area is 134 Å². The van der Waals surface area contributed by atoms with Crippen LogP contribution in [0.5, 0.6) is 0 Å². The highest BCUT2D eigenvalue weighted by atomic mass is 32.1. The van der Waals surface area contributed by atoms with Gasteiger partial charge in [-0.2, -0.15) is 11.3 Å². The predicted octanol–water partition coefficient (Wildman–Crippen LogP) is 2.51. The van der Waals surface area contributed by atoms with Crippen LogP contribution in [0, 0.1) is 0 Å². The fraction of sp³-hybridized carbons (Fsp3) is 0.294. The van der Waals surface area contributed by atoms with E-state index in [1.54, 1.807) is 11.3 Å². The summed E-state index contributed by atoms with van der Waals surface area (Å²) in [5.41, 5.74) is 2.15. The molecule has 2 aromatic rings. The molecule has 1 atom stereocenters. The minimum Gasteiger partial charge on any atom is -0.290 e. The number of benzene rings is 1. The number of hydrogen-bond acceptors (Lipinski definition) is 4. The van der Waals surface area contributed by atoms with Gasteiger partial charge in [-0.15, -0.1) is 0 Å². The Morgan fingerprint density at radius 2 is 1.95 bits per heavy atom. The number of carbonyl (C=O) groups excluding carboxylic acids is 2. The van der Waals surface area contributed by atoms with Crippen molar-refractivity contribution in [1.29, 1.82) is 0 Å². The Balaban J connectivity index is 1.68. The third-order valence-corrected chi connectivity index (χ3v) is 4.68. The minimum absolute atomic E-state index is 0.0870. The van der Waals surface area contributed by atoms with Crippen molar-refractivity contribution in [3.8, 4) is 0 Å². The molecule has 1 aromatic heterocycles. The molecule has 0 spiro atoms. The normalized spacial score (nSPS) is 18.5. The number of carbonyl (C=O) groups is 2. The van der Waals surface area contributed by atoms with E-state index in [1.807, 2.05) is 53.7 Å².